The van der Waals surface area contributed by atoms with Crippen molar-refractivity contribution < 1.29 is 44.1 Å². The van der Waals surface area contributed by atoms with E-state index in [1.807, 2.05) is 0 Å². The first-order chi connectivity index (χ1) is 20.2. The van der Waals surface area contributed by atoms with Crippen LogP contribution in [0.15, 0.2) is 48.5 Å². The number of hydrogen-bond acceptors (Lipinski definition) is 9. The van der Waals surface area contributed by atoms with Crippen LogP contribution in [-0.2, 0) is 41.6 Å². The van der Waals surface area contributed by atoms with Gasteiger partial charge >= 0.3 is 5.97 Å². The predicted molar refractivity (Wildman–Crippen MR) is 152 cm³/mol. The second kappa shape index (κ2) is 16.3. The Morgan fingerprint density at radius 1 is 0.605 bits per heavy atom. The lowest BCUT2D eigenvalue weighted by atomic mass is 10.0. The van der Waals surface area contributed by atoms with Crippen molar-refractivity contribution in [2.45, 2.75) is 62.7 Å². The van der Waals surface area contributed by atoms with E-state index < -0.39 is 59.7 Å². The number of aliphatic carboxylic acids is 1. The summed E-state index contributed by atoms with van der Waals surface area (Å²) in [5.41, 5.74) is 17.5. The normalized spacial score (nSPS) is 13.5. The Balaban J connectivity index is 2.17. The smallest absolute Gasteiger partial charge is 0.326 e. The standard InChI is InChI=1S/C28H36N6O9/c29-19(13-15-1-5-17(35)6-2-15)25(39)32-20(9-11-23(30)37)26(40)33-21(10-12-24(31)38)27(41)34-22(28(42)43)14-16-3-7-18(36)8-4-16/h1-8,19-22,35-36H,9-14,29H2,(H2,30,37)(H2,31,38)(H,32,39)(H,33,40)(H,34,41)(H,42,43)/t19-,20-,21-,22-/m0/s1. The van der Waals surface area contributed by atoms with Crippen molar-refractivity contribution in [1.29, 1.82) is 0 Å². The summed E-state index contributed by atoms with van der Waals surface area (Å²) in [6.07, 6.45) is -1.30. The Hall–Kier alpha value is -5.18. The van der Waals surface area contributed by atoms with E-state index in [2.05, 4.69) is 16.0 Å². The molecular weight excluding hydrogens is 564 g/mol. The zero-order valence-corrected chi connectivity index (χ0v) is 23.2. The Bertz CT molecular complexity index is 1300. The zero-order chi connectivity index (χ0) is 32.1. The summed E-state index contributed by atoms with van der Waals surface area (Å²) < 4.78 is 0. The second-order valence-corrected chi connectivity index (χ2v) is 9.88. The molecule has 0 aliphatic heterocycles. The molecule has 2 aromatic carbocycles. The van der Waals surface area contributed by atoms with Gasteiger partial charge in [0.2, 0.25) is 29.5 Å². The molecule has 0 heterocycles. The van der Waals surface area contributed by atoms with Gasteiger partial charge in [-0.15, -0.1) is 0 Å². The molecule has 43 heavy (non-hydrogen) atoms. The number of rotatable bonds is 17. The number of hydrogen-bond donors (Lipinski definition) is 9. The Morgan fingerprint density at radius 2 is 0.977 bits per heavy atom. The highest BCUT2D eigenvalue weighted by atomic mass is 16.4. The van der Waals surface area contributed by atoms with Gasteiger partial charge in [0.1, 0.15) is 29.6 Å². The molecule has 232 valence electrons. The van der Waals surface area contributed by atoms with Crippen molar-refractivity contribution in [1.82, 2.24) is 16.0 Å². The van der Waals surface area contributed by atoms with Crippen molar-refractivity contribution in [2.24, 2.45) is 17.2 Å². The number of primary amides is 2. The zero-order valence-electron chi connectivity index (χ0n) is 23.2. The Morgan fingerprint density at radius 3 is 1.37 bits per heavy atom. The molecule has 0 saturated carbocycles. The van der Waals surface area contributed by atoms with Crippen LogP contribution in [-0.4, -0.2) is 75.0 Å². The molecule has 0 aliphatic rings. The highest BCUT2D eigenvalue weighted by Crippen LogP contribution is 2.13. The van der Waals surface area contributed by atoms with Gasteiger partial charge in [-0.1, -0.05) is 24.3 Å². The van der Waals surface area contributed by atoms with Crippen LogP contribution in [0.4, 0.5) is 0 Å². The van der Waals surface area contributed by atoms with Gasteiger partial charge < -0.3 is 48.5 Å². The largest absolute Gasteiger partial charge is 0.508 e. The van der Waals surface area contributed by atoms with E-state index in [1.165, 1.54) is 36.4 Å². The Labute approximate surface area is 246 Å². The predicted octanol–water partition coefficient (Wildman–Crippen LogP) is -1.72. The van der Waals surface area contributed by atoms with Gasteiger partial charge in [0.25, 0.3) is 0 Å². The molecule has 0 aliphatic carbocycles. The van der Waals surface area contributed by atoms with Crippen molar-refractivity contribution in [3.05, 3.63) is 59.7 Å². The average molecular weight is 601 g/mol. The Kier molecular flexibility index (Phi) is 12.9. The van der Waals surface area contributed by atoms with Gasteiger partial charge in [-0.2, -0.15) is 0 Å². The fourth-order valence-corrected chi connectivity index (χ4v) is 3.98. The molecule has 12 N–H and O–H groups in total. The lowest BCUT2D eigenvalue weighted by Gasteiger charge is -2.25. The number of nitrogens with two attached hydrogens (primary N) is 3. The number of aromatic hydroxyl groups is 2. The number of carbonyl (C=O) groups is 6. The number of phenolic OH excluding ortho intramolecular Hbond substituents is 2. The molecule has 5 amide bonds. The van der Waals surface area contributed by atoms with Crippen molar-refractivity contribution in [2.75, 3.05) is 0 Å². The fraction of sp³-hybridized carbons (Fsp3) is 0.357. The summed E-state index contributed by atoms with van der Waals surface area (Å²) >= 11 is 0. The molecule has 0 radical (unpaired) electrons. The molecule has 0 saturated heterocycles. The SMILES string of the molecule is NC(=O)CC[C@H](NC(=O)[C@H](CCC(N)=O)NC(=O)[C@@H](N)Cc1ccc(O)cc1)C(=O)N[C@@H](Cc1ccc(O)cc1)C(=O)O. The van der Waals surface area contributed by atoms with E-state index >= 15 is 0 Å². The minimum Gasteiger partial charge on any atom is -0.508 e. The minimum atomic E-state index is -1.44. The molecule has 15 heteroatoms. The quantitative estimate of drug-likeness (QED) is 0.0990. The van der Waals surface area contributed by atoms with E-state index in [4.69, 9.17) is 17.2 Å². The van der Waals surface area contributed by atoms with Gasteiger partial charge in [0.15, 0.2) is 0 Å². The lowest BCUT2D eigenvalue weighted by molar-refractivity contribution is -0.142. The number of carboxylic acids is 1. The van der Waals surface area contributed by atoms with Crippen LogP contribution >= 0.6 is 0 Å². The van der Waals surface area contributed by atoms with Gasteiger partial charge in [0, 0.05) is 19.3 Å². The molecule has 0 bridgehead atoms. The van der Waals surface area contributed by atoms with Crippen LogP contribution in [0, 0.1) is 0 Å². The van der Waals surface area contributed by atoms with Crippen LogP contribution in [0.5, 0.6) is 11.5 Å². The van der Waals surface area contributed by atoms with Crippen LogP contribution in [0.2, 0.25) is 0 Å². The van der Waals surface area contributed by atoms with Crippen LogP contribution < -0.4 is 33.2 Å². The number of amides is 5. The molecule has 2 aromatic rings. The fourth-order valence-electron chi connectivity index (χ4n) is 3.98. The third-order valence-corrected chi connectivity index (χ3v) is 6.34. The summed E-state index contributed by atoms with van der Waals surface area (Å²) in [5.74, 6) is -5.55. The summed E-state index contributed by atoms with van der Waals surface area (Å²) in [6, 6.07) is 6.23. The summed E-state index contributed by atoms with van der Waals surface area (Å²) in [7, 11) is 0. The number of carboxylic acid groups (broad SMARTS) is 1. The maximum absolute atomic E-state index is 13.2. The number of benzene rings is 2. The van der Waals surface area contributed by atoms with Gasteiger partial charge in [0.05, 0.1) is 6.04 Å². The van der Waals surface area contributed by atoms with E-state index in [-0.39, 0.29) is 50.0 Å². The highest BCUT2D eigenvalue weighted by Gasteiger charge is 2.31. The maximum Gasteiger partial charge on any atom is 0.326 e. The summed E-state index contributed by atoms with van der Waals surface area (Å²) in [4.78, 5) is 73.9. The molecular formula is C28H36N6O9. The molecule has 4 atom stereocenters. The van der Waals surface area contributed by atoms with Crippen LogP contribution in [0.25, 0.3) is 0 Å². The van der Waals surface area contributed by atoms with Gasteiger partial charge in [-0.05, 0) is 54.7 Å². The third kappa shape index (κ3) is 12.1. The molecule has 0 unspecified atom stereocenters. The van der Waals surface area contributed by atoms with Gasteiger partial charge in [-0.25, -0.2) is 4.79 Å². The van der Waals surface area contributed by atoms with E-state index in [0.717, 1.165) is 0 Å². The van der Waals surface area contributed by atoms with Crippen molar-refractivity contribution >= 4 is 35.5 Å². The first kappa shape index (κ1) is 34.0. The number of carbonyl (C=O) groups excluding carboxylic acids is 5. The van der Waals surface area contributed by atoms with E-state index in [0.29, 0.717) is 11.1 Å². The van der Waals surface area contributed by atoms with Crippen molar-refractivity contribution in [3.63, 3.8) is 0 Å². The lowest BCUT2D eigenvalue weighted by Crippen LogP contribution is -2.57. The van der Waals surface area contributed by atoms with Crippen LogP contribution in [0.1, 0.15) is 36.8 Å². The topological polar surface area (TPSA) is 277 Å². The first-order valence-electron chi connectivity index (χ1n) is 13.3. The van der Waals surface area contributed by atoms with Crippen molar-refractivity contribution in [3.8, 4) is 11.5 Å². The van der Waals surface area contributed by atoms with E-state index in [1.54, 1.807) is 12.1 Å². The first-order valence-corrected chi connectivity index (χ1v) is 13.3. The summed E-state index contributed by atoms with van der Waals surface area (Å²) in [5, 5.41) is 35.7. The molecule has 2 rings (SSSR count). The molecule has 0 fully saturated rings. The molecule has 0 aromatic heterocycles. The molecule has 15 nitrogen and oxygen atoms in total. The number of phenols is 2. The monoisotopic (exact) mass is 600 g/mol. The van der Waals surface area contributed by atoms with Crippen LogP contribution in [0.3, 0.4) is 0 Å². The van der Waals surface area contributed by atoms with Gasteiger partial charge in [-0.3, -0.25) is 24.0 Å². The minimum absolute atomic E-state index is 0.0231. The maximum atomic E-state index is 13.2. The summed E-state index contributed by atoms with van der Waals surface area (Å²) in [6.45, 7) is 0. The second-order valence-electron chi connectivity index (χ2n) is 9.88. The number of nitrogens with one attached hydrogen (secondary N) is 3. The van der Waals surface area contributed by atoms with E-state index in [9.17, 15) is 44.1 Å². The third-order valence-electron chi connectivity index (χ3n) is 6.34. The average Bonchev–Trinajstić information content (AvgIpc) is 2.94. The highest BCUT2D eigenvalue weighted by molar-refractivity contribution is 5.94. The molecule has 0 spiro atoms.